The summed E-state index contributed by atoms with van der Waals surface area (Å²) < 4.78 is 0. The van der Waals surface area contributed by atoms with Gasteiger partial charge in [0.05, 0.1) is 0 Å². The minimum Gasteiger partial charge on any atom is -2.00 e. The molecule has 3 nitrogen and oxygen atoms in total. The third-order valence-corrected chi connectivity index (χ3v) is 0. The fourth-order valence-electron chi connectivity index (χ4n) is 0. The van der Waals surface area contributed by atoms with Crippen molar-refractivity contribution in [2.75, 3.05) is 0 Å². The molecule has 0 aliphatic carbocycles. The standard InChI is InChI=1S/Ir.3O.Tb/q+3;3*-2;+3. The summed E-state index contributed by atoms with van der Waals surface area (Å²) in [4.78, 5) is 0. The van der Waals surface area contributed by atoms with Crippen molar-refractivity contribution in [2.45, 2.75) is 0 Å². The maximum absolute atomic E-state index is 0. The van der Waals surface area contributed by atoms with Gasteiger partial charge in [0, 0.05) is 0 Å². The van der Waals surface area contributed by atoms with E-state index in [4.69, 9.17) is 0 Å². The maximum atomic E-state index is 0. The third-order valence-electron chi connectivity index (χ3n) is 0. The van der Waals surface area contributed by atoms with Crippen LogP contribution in [0.1, 0.15) is 0 Å². The van der Waals surface area contributed by atoms with Gasteiger partial charge >= 0.3 is 58.7 Å². The molecule has 0 fully saturated rings. The second kappa shape index (κ2) is 40.9. The quantitative estimate of drug-likeness (QED) is 0.533. The Hall–Kier alpha value is 1.82. The molecule has 0 aliphatic heterocycles. The second-order valence-corrected chi connectivity index (χ2v) is 0. The fraction of sp³-hybridized carbons (Fsp3) is 0. The van der Waals surface area contributed by atoms with E-state index in [1.165, 1.54) is 0 Å². The molecule has 0 aromatic carbocycles. The summed E-state index contributed by atoms with van der Waals surface area (Å²) in [6.07, 6.45) is 0. The SMILES string of the molecule is [Ir+3].[O-2].[O-2].[O-2].[Tb+3]. The zero-order valence-electron chi connectivity index (χ0n) is 1.89. The second-order valence-electron chi connectivity index (χ2n) is 0. The molecule has 36 valence electrons. The van der Waals surface area contributed by atoms with Crippen LogP contribution in [-0.4, -0.2) is 0 Å². The predicted octanol–water partition coefficient (Wildman–Crippen LogP) is -0.359. The minimum atomic E-state index is 0. The van der Waals surface area contributed by atoms with Crippen LogP contribution in [0.2, 0.25) is 0 Å². The van der Waals surface area contributed by atoms with Crippen molar-refractivity contribution < 1.29 is 75.1 Å². The molecule has 5 heteroatoms. The predicted molar refractivity (Wildman–Crippen MR) is 2.06 cm³/mol. The van der Waals surface area contributed by atoms with Gasteiger partial charge in [-0.15, -0.1) is 0 Å². The monoisotopic (exact) mass is 400 g/mol. The molecule has 0 saturated heterocycles. The van der Waals surface area contributed by atoms with Gasteiger partial charge in [-0.25, -0.2) is 0 Å². The van der Waals surface area contributed by atoms with Crippen molar-refractivity contribution >= 4 is 0 Å². The van der Waals surface area contributed by atoms with E-state index >= 15 is 0 Å². The van der Waals surface area contributed by atoms with Crippen LogP contribution in [-0.2, 0) is 36.5 Å². The first kappa shape index (κ1) is 70.0. The molecule has 0 radical (unpaired) electrons. The molecular weight excluding hydrogens is 399 g/mol. The van der Waals surface area contributed by atoms with Gasteiger partial charge < -0.3 is 16.4 Å². The smallest absolute Gasteiger partial charge is 2.00 e. The van der Waals surface area contributed by atoms with E-state index in [2.05, 4.69) is 0 Å². The average Bonchev–Trinajstić information content (AvgIpc) is 0. The van der Waals surface area contributed by atoms with Gasteiger partial charge in [-0.1, -0.05) is 0 Å². The molecule has 0 rings (SSSR count). The first-order chi connectivity index (χ1) is 0. The van der Waals surface area contributed by atoms with Crippen LogP contribution in [0.15, 0.2) is 0 Å². The van der Waals surface area contributed by atoms with Crippen LogP contribution in [0.3, 0.4) is 0 Å². The number of hydrogen-bond acceptors (Lipinski definition) is 0. The Morgan fingerprint density at radius 2 is 0.600 bits per heavy atom. The van der Waals surface area contributed by atoms with Crippen LogP contribution in [0.4, 0.5) is 0 Å². The molecular formula is IrO3Tb. The van der Waals surface area contributed by atoms with Crippen LogP contribution in [0.25, 0.3) is 0 Å². The van der Waals surface area contributed by atoms with Crippen LogP contribution >= 0.6 is 0 Å². The minimum absolute atomic E-state index is 0. The van der Waals surface area contributed by atoms with E-state index < -0.39 is 0 Å². The van der Waals surface area contributed by atoms with E-state index in [9.17, 15) is 0 Å². The Kier molecular flexibility index (Phi) is 573. The van der Waals surface area contributed by atoms with Crippen molar-refractivity contribution in [2.24, 2.45) is 0 Å². The Balaban J connectivity index is 0. The van der Waals surface area contributed by atoms with E-state index in [0.29, 0.717) is 0 Å². The van der Waals surface area contributed by atoms with E-state index in [1.807, 2.05) is 0 Å². The molecule has 0 aromatic rings. The number of hydrogen-bond donors (Lipinski definition) is 0. The summed E-state index contributed by atoms with van der Waals surface area (Å²) in [5.74, 6) is 0. The fourth-order valence-corrected chi connectivity index (χ4v) is 0. The van der Waals surface area contributed by atoms with E-state index in [0.717, 1.165) is 0 Å². The molecule has 0 unspecified atom stereocenters. The van der Waals surface area contributed by atoms with Crippen molar-refractivity contribution in [3.8, 4) is 0 Å². The van der Waals surface area contributed by atoms with Crippen LogP contribution in [0.5, 0.6) is 0 Å². The van der Waals surface area contributed by atoms with Gasteiger partial charge in [0.1, 0.15) is 0 Å². The van der Waals surface area contributed by atoms with Gasteiger partial charge in [0.15, 0.2) is 0 Å². The Morgan fingerprint density at radius 3 is 0.600 bits per heavy atom. The van der Waals surface area contributed by atoms with E-state index in [1.54, 1.807) is 0 Å². The summed E-state index contributed by atoms with van der Waals surface area (Å²) in [5, 5.41) is 0. The van der Waals surface area contributed by atoms with Gasteiger partial charge in [0.2, 0.25) is 0 Å². The first-order valence-corrected chi connectivity index (χ1v) is 0. The molecule has 0 N–H and O–H groups in total. The zero-order valence-corrected chi connectivity index (χ0v) is 6.43. The molecule has 0 saturated carbocycles. The Morgan fingerprint density at radius 1 is 0.600 bits per heavy atom. The normalized spacial score (nSPS) is 0. The molecule has 0 aromatic heterocycles. The zero-order chi connectivity index (χ0) is 0. The summed E-state index contributed by atoms with van der Waals surface area (Å²) in [7, 11) is 0. The summed E-state index contributed by atoms with van der Waals surface area (Å²) >= 11 is 0. The summed E-state index contributed by atoms with van der Waals surface area (Å²) in [6.45, 7) is 0. The summed E-state index contributed by atoms with van der Waals surface area (Å²) in [5.41, 5.74) is 0. The molecule has 5 heavy (non-hydrogen) atoms. The maximum Gasteiger partial charge on any atom is 3.00 e. The van der Waals surface area contributed by atoms with Crippen molar-refractivity contribution in [1.82, 2.24) is 0 Å². The van der Waals surface area contributed by atoms with Crippen LogP contribution in [0, 0.1) is 38.6 Å². The van der Waals surface area contributed by atoms with Crippen molar-refractivity contribution in [3.63, 3.8) is 0 Å². The Bertz CT molecular complexity index is 6.85. The third kappa shape index (κ3) is 25.7. The molecule has 0 heterocycles. The van der Waals surface area contributed by atoms with Gasteiger partial charge in [-0.3, -0.25) is 0 Å². The van der Waals surface area contributed by atoms with E-state index in [-0.39, 0.29) is 75.1 Å². The number of rotatable bonds is 0. The van der Waals surface area contributed by atoms with Gasteiger partial charge in [-0.05, 0) is 0 Å². The Labute approximate surface area is 74.2 Å². The van der Waals surface area contributed by atoms with Crippen molar-refractivity contribution in [3.05, 3.63) is 0 Å². The first-order valence-electron chi connectivity index (χ1n) is 0. The molecule has 0 atom stereocenters. The molecule has 0 spiro atoms. The van der Waals surface area contributed by atoms with Gasteiger partial charge in [-0.2, -0.15) is 0 Å². The average molecular weight is 399 g/mol. The van der Waals surface area contributed by atoms with Crippen molar-refractivity contribution in [1.29, 1.82) is 0 Å². The topological polar surface area (TPSA) is 85.5 Å². The largest absolute Gasteiger partial charge is 3.00 e. The molecule has 0 amide bonds. The van der Waals surface area contributed by atoms with Gasteiger partial charge in [0.25, 0.3) is 0 Å². The summed E-state index contributed by atoms with van der Waals surface area (Å²) in [6, 6.07) is 0. The van der Waals surface area contributed by atoms with Crippen LogP contribution < -0.4 is 0 Å². The molecule has 0 aliphatic rings. The molecule has 0 bridgehead atoms.